The minimum Gasteiger partial charge on any atom is -0.495 e. The Labute approximate surface area is 181 Å². The van der Waals surface area contributed by atoms with Crippen LogP contribution < -0.4 is 9.46 Å². The van der Waals surface area contributed by atoms with Crippen LogP contribution >= 0.6 is 0 Å². The van der Waals surface area contributed by atoms with Crippen LogP contribution in [0.15, 0.2) is 65.7 Å². The van der Waals surface area contributed by atoms with Gasteiger partial charge in [0.25, 0.3) is 0 Å². The number of nitrogens with one attached hydrogen (secondary N) is 1. The highest BCUT2D eigenvalue weighted by Gasteiger charge is 2.24. The summed E-state index contributed by atoms with van der Waals surface area (Å²) in [6, 6.07) is 16.0. The molecule has 0 amide bonds. The van der Waals surface area contributed by atoms with Crippen LogP contribution in [0.25, 0.3) is 16.8 Å². The quantitative estimate of drug-likeness (QED) is 0.493. The number of sulfonamides is 1. The van der Waals surface area contributed by atoms with Crippen LogP contribution in [0.5, 0.6) is 5.75 Å². The molecule has 0 aliphatic carbocycles. The second-order valence-corrected chi connectivity index (χ2v) is 9.13. The summed E-state index contributed by atoms with van der Waals surface area (Å²) in [5.41, 5.74) is 4.82. The molecule has 1 N–H and O–H groups in total. The third-order valence-electron chi connectivity index (χ3n) is 5.17. The van der Waals surface area contributed by atoms with Gasteiger partial charge in [-0.3, -0.25) is 0 Å². The number of fused-ring (bicyclic) bond motifs is 1. The average Bonchev–Trinajstić information content (AvgIpc) is 3.17. The van der Waals surface area contributed by atoms with E-state index in [1.54, 1.807) is 22.8 Å². The Morgan fingerprint density at radius 2 is 1.81 bits per heavy atom. The molecule has 0 saturated heterocycles. The van der Waals surface area contributed by atoms with E-state index in [-0.39, 0.29) is 10.6 Å². The lowest BCUT2D eigenvalue weighted by Gasteiger charge is -2.17. The number of aryl methyl sites for hydroxylation is 2. The van der Waals surface area contributed by atoms with E-state index in [1.807, 2.05) is 63.2 Å². The molecule has 2 aromatic heterocycles. The molecule has 0 radical (unpaired) electrons. The first-order valence-corrected chi connectivity index (χ1v) is 11.4. The van der Waals surface area contributed by atoms with Gasteiger partial charge in [0.05, 0.1) is 13.3 Å². The number of hydrogen-bond acceptors (Lipinski definition) is 5. The Kier molecular flexibility index (Phi) is 5.51. The van der Waals surface area contributed by atoms with Crippen molar-refractivity contribution in [1.29, 1.82) is 0 Å². The highest BCUT2D eigenvalue weighted by molar-refractivity contribution is 7.89. The lowest BCUT2D eigenvalue weighted by atomic mass is 10.1. The molecular formula is C23H24N4O3S. The van der Waals surface area contributed by atoms with Crippen LogP contribution in [0, 0.1) is 13.8 Å². The summed E-state index contributed by atoms with van der Waals surface area (Å²) < 4.78 is 36.4. The number of nitrogens with zero attached hydrogens (tertiary/aromatic N) is 3. The number of rotatable bonds is 6. The van der Waals surface area contributed by atoms with Crippen molar-refractivity contribution in [3.8, 4) is 16.9 Å². The molecular weight excluding hydrogens is 412 g/mol. The highest BCUT2D eigenvalue weighted by Crippen LogP contribution is 2.32. The Balaban J connectivity index is 1.78. The Hall–Kier alpha value is -3.23. The fourth-order valence-electron chi connectivity index (χ4n) is 3.63. The molecule has 0 saturated carbocycles. The van der Waals surface area contributed by atoms with Gasteiger partial charge in [0.2, 0.25) is 10.0 Å². The van der Waals surface area contributed by atoms with Crippen LogP contribution in [0.2, 0.25) is 0 Å². The van der Waals surface area contributed by atoms with Gasteiger partial charge in [0, 0.05) is 23.0 Å². The third-order valence-corrected chi connectivity index (χ3v) is 6.74. The standard InChI is InChI=1S/C23H24N4O3S/c1-15-12-16(2)27-23(25-15)20(14-24-27)19-10-11-21(30-4)22(13-19)31(28,29)26-17(3)18-8-6-5-7-9-18/h5-14,17,26H,1-4H3/t17-/m1/s1. The first-order valence-electron chi connectivity index (χ1n) is 9.88. The smallest absolute Gasteiger partial charge is 0.244 e. The summed E-state index contributed by atoms with van der Waals surface area (Å²) in [5, 5.41) is 4.42. The number of benzene rings is 2. The SMILES string of the molecule is COc1ccc(-c2cnn3c(C)cc(C)nc23)cc1S(=O)(=O)N[C@H](C)c1ccccc1. The summed E-state index contributed by atoms with van der Waals surface area (Å²) in [4.78, 5) is 4.67. The van der Waals surface area contributed by atoms with E-state index >= 15 is 0 Å². The van der Waals surface area contributed by atoms with E-state index in [1.165, 1.54) is 7.11 Å². The molecule has 1 atom stereocenters. The molecule has 2 heterocycles. The zero-order valence-corrected chi connectivity index (χ0v) is 18.6. The lowest BCUT2D eigenvalue weighted by Crippen LogP contribution is -2.27. The van der Waals surface area contributed by atoms with E-state index < -0.39 is 16.1 Å². The van der Waals surface area contributed by atoms with E-state index in [9.17, 15) is 8.42 Å². The van der Waals surface area contributed by atoms with Crippen molar-refractivity contribution in [2.45, 2.75) is 31.7 Å². The van der Waals surface area contributed by atoms with E-state index in [2.05, 4.69) is 14.8 Å². The predicted molar refractivity (Wildman–Crippen MR) is 120 cm³/mol. The molecule has 160 valence electrons. The number of hydrogen-bond donors (Lipinski definition) is 1. The first-order chi connectivity index (χ1) is 14.8. The van der Waals surface area contributed by atoms with Gasteiger partial charge in [-0.25, -0.2) is 22.6 Å². The molecule has 2 aromatic carbocycles. The fourth-order valence-corrected chi connectivity index (χ4v) is 5.06. The largest absolute Gasteiger partial charge is 0.495 e. The van der Waals surface area contributed by atoms with E-state index in [0.717, 1.165) is 22.5 Å². The summed E-state index contributed by atoms with van der Waals surface area (Å²) >= 11 is 0. The maximum atomic E-state index is 13.3. The molecule has 4 aromatic rings. The first kappa shape index (κ1) is 21.0. The highest BCUT2D eigenvalue weighted by atomic mass is 32.2. The van der Waals surface area contributed by atoms with Crippen LogP contribution in [0.4, 0.5) is 0 Å². The van der Waals surface area contributed by atoms with Crippen LogP contribution in [0.3, 0.4) is 0 Å². The maximum absolute atomic E-state index is 13.3. The Bertz CT molecular complexity index is 1350. The zero-order chi connectivity index (χ0) is 22.2. The second kappa shape index (κ2) is 8.13. The molecule has 4 rings (SSSR count). The number of aromatic nitrogens is 3. The third kappa shape index (κ3) is 4.04. The van der Waals surface area contributed by atoms with Crippen molar-refractivity contribution in [1.82, 2.24) is 19.3 Å². The summed E-state index contributed by atoms with van der Waals surface area (Å²) in [7, 11) is -2.40. The van der Waals surface area contributed by atoms with Gasteiger partial charge < -0.3 is 4.74 Å². The van der Waals surface area contributed by atoms with Crippen molar-refractivity contribution >= 4 is 15.7 Å². The minimum absolute atomic E-state index is 0.0685. The minimum atomic E-state index is -3.86. The van der Waals surface area contributed by atoms with Crippen molar-refractivity contribution in [2.24, 2.45) is 0 Å². The van der Waals surface area contributed by atoms with E-state index in [0.29, 0.717) is 11.2 Å². The monoisotopic (exact) mass is 436 g/mol. The Morgan fingerprint density at radius 1 is 1.06 bits per heavy atom. The second-order valence-electron chi connectivity index (χ2n) is 7.45. The van der Waals surface area contributed by atoms with Crippen molar-refractivity contribution in [2.75, 3.05) is 7.11 Å². The molecule has 0 aliphatic heterocycles. The molecule has 0 bridgehead atoms. The molecule has 8 heteroatoms. The van der Waals surface area contributed by atoms with Gasteiger partial charge in [-0.1, -0.05) is 36.4 Å². The van der Waals surface area contributed by atoms with Gasteiger partial charge in [-0.05, 0) is 50.1 Å². The van der Waals surface area contributed by atoms with Crippen LogP contribution in [-0.4, -0.2) is 30.1 Å². The molecule has 0 aliphatic rings. The van der Waals surface area contributed by atoms with Gasteiger partial charge in [-0.15, -0.1) is 0 Å². The van der Waals surface area contributed by atoms with Crippen molar-refractivity contribution < 1.29 is 13.2 Å². The predicted octanol–water partition coefficient (Wildman–Crippen LogP) is 4.06. The molecule has 0 fully saturated rings. The molecule has 0 spiro atoms. The topological polar surface area (TPSA) is 85.6 Å². The molecule has 7 nitrogen and oxygen atoms in total. The zero-order valence-electron chi connectivity index (χ0n) is 17.8. The number of methoxy groups -OCH3 is 1. The lowest BCUT2D eigenvalue weighted by molar-refractivity contribution is 0.402. The molecule has 31 heavy (non-hydrogen) atoms. The Morgan fingerprint density at radius 3 is 2.52 bits per heavy atom. The van der Waals surface area contributed by atoms with Crippen LogP contribution in [0.1, 0.15) is 29.9 Å². The number of ether oxygens (including phenoxy) is 1. The van der Waals surface area contributed by atoms with E-state index in [4.69, 9.17) is 4.74 Å². The molecule has 0 unspecified atom stereocenters. The summed E-state index contributed by atoms with van der Waals surface area (Å²) in [5.74, 6) is 0.272. The van der Waals surface area contributed by atoms with Gasteiger partial charge in [-0.2, -0.15) is 5.10 Å². The van der Waals surface area contributed by atoms with Crippen LogP contribution in [-0.2, 0) is 10.0 Å². The van der Waals surface area contributed by atoms with Gasteiger partial charge >= 0.3 is 0 Å². The van der Waals surface area contributed by atoms with Gasteiger partial charge in [0.15, 0.2) is 5.65 Å². The summed E-state index contributed by atoms with van der Waals surface area (Å²) in [6.45, 7) is 5.68. The van der Waals surface area contributed by atoms with Crippen molar-refractivity contribution in [3.63, 3.8) is 0 Å². The maximum Gasteiger partial charge on any atom is 0.244 e. The average molecular weight is 437 g/mol. The normalized spacial score (nSPS) is 12.8. The van der Waals surface area contributed by atoms with Gasteiger partial charge in [0.1, 0.15) is 10.6 Å². The van der Waals surface area contributed by atoms with Crippen molar-refractivity contribution in [3.05, 3.63) is 77.7 Å². The summed E-state index contributed by atoms with van der Waals surface area (Å²) in [6.07, 6.45) is 1.70. The fraction of sp³-hybridized carbons (Fsp3) is 0.217.